The first-order valence-electron chi connectivity index (χ1n) is 10.8. The molecule has 0 spiro atoms. The number of alkyl halides is 3. The lowest BCUT2D eigenvalue weighted by Crippen LogP contribution is -2.47. The number of benzene rings is 1. The summed E-state index contributed by atoms with van der Waals surface area (Å²) in [7, 11) is -3.81. The molecule has 0 unspecified atom stereocenters. The van der Waals surface area contributed by atoms with E-state index in [1.165, 1.54) is 11.1 Å². The van der Waals surface area contributed by atoms with Gasteiger partial charge in [-0.05, 0) is 67.7 Å². The molecule has 178 valence electrons. The Labute approximate surface area is 189 Å². The van der Waals surface area contributed by atoms with Gasteiger partial charge in [0.25, 0.3) is 0 Å². The molecule has 2 aromatic rings. The Balaban J connectivity index is 1.44. The standard InChI is InChI=1S/C21H24F3N5O3S/c1-20(21(22,23)24)10-29-18(32-11-20)16(9-26-29)33(25,31)28-19(30)27-17-14-6-2-4-12(14)8-13-5-3-7-15(13)17/h8-9H,2-7,10-11H2,1H3,(H3,25,27,28,30,31)/t20-,33-/m1/s1. The molecule has 0 fully saturated rings. The van der Waals surface area contributed by atoms with Crippen LogP contribution in [0.5, 0.6) is 5.88 Å². The molecule has 8 nitrogen and oxygen atoms in total. The highest BCUT2D eigenvalue weighted by atomic mass is 32.2. The maximum atomic E-state index is 13.4. The van der Waals surface area contributed by atoms with Crippen LogP contribution in [0.3, 0.4) is 0 Å². The molecule has 3 aliphatic rings. The molecule has 2 atom stereocenters. The smallest absolute Gasteiger partial charge is 0.399 e. The number of nitrogens with two attached hydrogens (primary N) is 1. The molecule has 1 aliphatic heterocycles. The minimum absolute atomic E-state index is 0.165. The normalized spacial score (nSPS) is 23.2. The number of halogens is 3. The first kappa shape index (κ1) is 22.2. The number of urea groups is 1. The minimum Gasteiger partial charge on any atom is -0.476 e. The molecule has 2 amide bonds. The molecular formula is C21H24F3N5O3S. The van der Waals surface area contributed by atoms with Gasteiger partial charge in [0.2, 0.25) is 5.88 Å². The van der Waals surface area contributed by atoms with Crippen molar-refractivity contribution in [3.63, 3.8) is 0 Å². The summed E-state index contributed by atoms with van der Waals surface area (Å²) in [6.45, 7) is -0.180. The van der Waals surface area contributed by atoms with Gasteiger partial charge >= 0.3 is 12.2 Å². The maximum absolute atomic E-state index is 13.4. The van der Waals surface area contributed by atoms with Gasteiger partial charge in [0.1, 0.15) is 16.9 Å². The van der Waals surface area contributed by atoms with Crippen molar-refractivity contribution in [2.75, 3.05) is 11.9 Å². The number of aryl methyl sites for hydroxylation is 2. The Morgan fingerprint density at radius 3 is 2.48 bits per heavy atom. The molecule has 0 saturated heterocycles. The van der Waals surface area contributed by atoms with Crippen molar-refractivity contribution in [1.29, 1.82) is 0 Å². The third-order valence-electron chi connectivity index (χ3n) is 6.71. The molecule has 33 heavy (non-hydrogen) atoms. The van der Waals surface area contributed by atoms with E-state index in [0.717, 1.165) is 73.1 Å². The Hall–Kier alpha value is -2.60. The van der Waals surface area contributed by atoms with Gasteiger partial charge in [0.05, 0.1) is 12.7 Å². The number of rotatable bonds is 2. The lowest BCUT2D eigenvalue weighted by molar-refractivity contribution is -0.238. The number of hydrogen-bond acceptors (Lipinski definition) is 4. The summed E-state index contributed by atoms with van der Waals surface area (Å²) in [6.07, 6.45) is 2.14. The predicted molar refractivity (Wildman–Crippen MR) is 114 cm³/mol. The van der Waals surface area contributed by atoms with Crippen LogP contribution in [0, 0.1) is 5.41 Å². The lowest BCUT2D eigenvalue weighted by Gasteiger charge is -2.35. The fourth-order valence-electron chi connectivity index (χ4n) is 4.86. The second-order valence-corrected chi connectivity index (χ2v) is 10.9. The van der Waals surface area contributed by atoms with Gasteiger partial charge in [-0.3, -0.25) is 0 Å². The first-order valence-corrected chi connectivity index (χ1v) is 12.3. The molecule has 0 saturated carbocycles. The van der Waals surface area contributed by atoms with Crippen LogP contribution in [-0.4, -0.2) is 32.8 Å². The van der Waals surface area contributed by atoms with E-state index in [9.17, 15) is 22.2 Å². The number of ether oxygens (including phenoxy) is 1. The van der Waals surface area contributed by atoms with E-state index >= 15 is 0 Å². The number of carbonyl (C=O) groups excluding carboxylic acids is 1. The summed E-state index contributed by atoms with van der Waals surface area (Å²) < 4.78 is 63.1. The molecular weight excluding hydrogens is 459 g/mol. The zero-order valence-electron chi connectivity index (χ0n) is 18.0. The highest BCUT2D eigenvalue weighted by Crippen LogP contribution is 2.44. The molecule has 12 heteroatoms. The number of nitrogens with zero attached hydrogens (tertiary/aromatic N) is 3. The van der Waals surface area contributed by atoms with Gasteiger partial charge in [0.15, 0.2) is 9.92 Å². The number of aromatic nitrogens is 2. The molecule has 0 radical (unpaired) electrons. The third-order valence-corrected chi connectivity index (χ3v) is 8.06. The van der Waals surface area contributed by atoms with E-state index in [2.05, 4.69) is 20.8 Å². The van der Waals surface area contributed by atoms with Crippen molar-refractivity contribution in [2.45, 2.75) is 63.1 Å². The van der Waals surface area contributed by atoms with Crippen LogP contribution in [0.25, 0.3) is 0 Å². The maximum Gasteiger partial charge on any atom is 0.399 e. The largest absolute Gasteiger partial charge is 0.476 e. The summed E-state index contributed by atoms with van der Waals surface area (Å²) >= 11 is 0. The van der Waals surface area contributed by atoms with Crippen LogP contribution in [-0.2, 0) is 42.1 Å². The summed E-state index contributed by atoms with van der Waals surface area (Å²) in [4.78, 5) is 12.6. The van der Waals surface area contributed by atoms with Gasteiger partial charge in [-0.25, -0.2) is 18.8 Å². The van der Waals surface area contributed by atoms with Crippen LogP contribution in [0.15, 0.2) is 21.5 Å². The second-order valence-electron chi connectivity index (χ2n) is 9.14. The van der Waals surface area contributed by atoms with Crippen molar-refractivity contribution >= 4 is 21.6 Å². The molecule has 1 aromatic carbocycles. The Kier molecular flexibility index (Phi) is 5.02. The van der Waals surface area contributed by atoms with Gasteiger partial charge in [0, 0.05) is 5.69 Å². The quantitative estimate of drug-likeness (QED) is 0.678. The van der Waals surface area contributed by atoms with Crippen LogP contribution in [0.4, 0.5) is 23.7 Å². The lowest BCUT2D eigenvalue weighted by atomic mass is 9.90. The molecule has 2 heterocycles. The van der Waals surface area contributed by atoms with Crippen LogP contribution >= 0.6 is 0 Å². The number of anilines is 1. The number of amides is 2. The van der Waals surface area contributed by atoms with Gasteiger partial charge in [-0.1, -0.05) is 6.07 Å². The molecule has 3 N–H and O–H groups in total. The van der Waals surface area contributed by atoms with Crippen LogP contribution < -0.4 is 15.2 Å². The monoisotopic (exact) mass is 483 g/mol. The Bertz CT molecular complexity index is 1250. The highest BCUT2D eigenvalue weighted by Gasteiger charge is 2.54. The SMILES string of the molecule is C[C@]1(C(F)(F)F)COc2c([S@](N)(=O)=NC(=O)Nc3c4c(cc5c3CCC5)CCC4)cnn2C1. The fraction of sp³-hybridized carbons (Fsp3) is 0.524. The van der Waals surface area contributed by atoms with Crippen molar-refractivity contribution in [2.24, 2.45) is 14.9 Å². The van der Waals surface area contributed by atoms with E-state index in [-0.39, 0.29) is 10.8 Å². The number of fused-ring (bicyclic) bond motifs is 3. The summed E-state index contributed by atoms with van der Waals surface area (Å²) in [5, 5.41) is 12.5. The fourth-order valence-corrected chi connectivity index (χ4v) is 5.86. The topological polar surface area (TPSA) is 112 Å². The average molecular weight is 484 g/mol. The van der Waals surface area contributed by atoms with Crippen molar-refractivity contribution in [3.8, 4) is 5.88 Å². The summed E-state index contributed by atoms with van der Waals surface area (Å²) in [5.41, 5.74) is 3.18. The van der Waals surface area contributed by atoms with E-state index in [1.54, 1.807) is 0 Å². The second kappa shape index (κ2) is 7.45. The summed E-state index contributed by atoms with van der Waals surface area (Å²) in [5.74, 6) is -0.165. The van der Waals surface area contributed by atoms with E-state index < -0.39 is 40.7 Å². The van der Waals surface area contributed by atoms with Crippen molar-refractivity contribution in [3.05, 3.63) is 34.5 Å². The Morgan fingerprint density at radius 1 is 1.24 bits per heavy atom. The highest BCUT2D eigenvalue weighted by molar-refractivity contribution is 7.91. The Morgan fingerprint density at radius 2 is 1.88 bits per heavy atom. The van der Waals surface area contributed by atoms with E-state index in [0.29, 0.717) is 0 Å². The van der Waals surface area contributed by atoms with Crippen LogP contribution in [0.2, 0.25) is 0 Å². The molecule has 1 aromatic heterocycles. The minimum atomic E-state index is -4.51. The predicted octanol–water partition coefficient (Wildman–Crippen LogP) is 3.75. The number of carbonyl (C=O) groups is 1. The average Bonchev–Trinajstić information content (AvgIpc) is 3.45. The molecule has 0 bridgehead atoms. The van der Waals surface area contributed by atoms with Crippen molar-refractivity contribution in [1.82, 2.24) is 9.78 Å². The third kappa shape index (κ3) is 3.68. The van der Waals surface area contributed by atoms with E-state index in [1.807, 2.05) is 0 Å². The summed E-state index contributed by atoms with van der Waals surface area (Å²) in [6, 6.07) is 1.35. The van der Waals surface area contributed by atoms with Crippen molar-refractivity contribution < 1.29 is 26.9 Å². The first-order chi connectivity index (χ1) is 15.5. The number of nitrogens with one attached hydrogen (secondary N) is 1. The molecule has 2 aliphatic carbocycles. The van der Waals surface area contributed by atoms with Gasteiger partial charge in [-0.15, -0.1) is 4.36 Å². The zero-order valence-corrected chi connectivity index (χ0v) is 18.8. The van der Waals surface area contributed by atoms with Gasteiger partial charge < -0.3 is 10.1 Å². The molecule has 5 rings (SSSR count). The van der Waals surface area contributed by atoms with E-state index in [4.69, 9.17) is 9.88 Å². The zero-order chi connectivity index (χ0) is 23.6. The van der Waals surface area contributed by atoms with Crippen LogP contribution in [0.1, 0.15) is 42.0 Å². The van der Waals surface area contributed by atoms with Gasteiger partial charge in [-0.2, -0.15) is 18.3 Å². The number of hydrogen-bond donors (Lipinski definition) is 2.